The van der Waals surface area contributed by atoms with Crippen molar-refractivity contribution in [1.82, 2.24) is 9.55 Å². The van der Waals surface area contributed by atoms with Crippen LogP contribution in [0.3, 0.4) is 0 Å². The average Bonchev–Trinajstić information content (AvgIpc) is 2.34. The highest BCUT2D eigenvalue weighted by molar-refractivity contribution is 5.29. The number of aromatic nitrogens is 2. The molecule has 0 aliphatic rings. The summed E-state index contributed by atoms with van der Waals surface area (Å²) in [6.07, 6.45) is 2.79. The number of ether oxygens (including phenoxy) is 1. The molecule has 2 rings (SSSR count). The third-order valence-corrected chi connectivity index (χ3v) is 2.39. The van der Waals surface area contributed by atoms with Crippen LogP contribution in [0.4, 0.5) is 4.39 Å². The quantitative estimate of drug-likeness (QED) is 0.807. The van der Waals surface area contributed by atoms with E-state index in [0.29, 0.717) is 11.3 Å². The molecule has 0 atom stereocenters. The zero-order chi connectivity index (χ0) is 12.3. The lowest BCUT2D eigenvalue weighted by atomic mass is 10.2. The highest BCUT2D eigenvalue weighted by Gasteiger charge is 2.05. The first-order valence-electron chi connectivity index (χ1n) is 5.03. The van der Waals surface area contributed by atoms with Crippen LogP contribution in [0.15, 0.2) is 41.6 Å². The van der Waals surface area contributed by atoms with E-state index in [1.807, 2.05) is 0 Å². The van der Waals surface area contributed by atoms with Crippen LogP contribution >= 0.6 is 0 Å². The number of methoxy groups -OCH3 is 1. The van der Waals surface area contributed by atoms with Crippen LogP contribution in [-0.2, 0) is 6.54 Å². The van der Waals surface area contributed by atoms with Gasteiger partial charge < -0.3 is 4.74 Å². The molecular formula is C12H11FN2O2. The fraction of sp³-hybridized carbons (Fsp3) is 0.167. The van der Waals surface area contributed by atoms with E-state index in [0.717, 1.165) is 0 Å². The maximum absolute atomic E-state index is 13.6. The molecular weight excluding hydrogens is 223 g/mol. The number of benzene rings is 1. The summed E-state index contributed by atoms with van der Waals surface area (Å²) in [6, 6.07) is 5.87. The molecule has 0 amide bonds. The zero-order valence-corrected chi connectivity index (χ0v) is 9.26. The Bertz CT molecular complexity index is 581. The van der Waals surface area contributed by atoms with Gasteiger partial charge in [0.25, 0.3) is 5.56 Å². The summed E-state index contributed by atoms with van der Waals surface area (Å²) < 4.78 is 19.9. The Hall–Kier alpha value is -2.17. The van der Waals surface area contributed by atoms with Crippen LogP contribution in [0.25, 0.3) is 0 Å². The minimum Gasteiger partial charge on any atom is -0.497 e. The van der Waals surface area contributed by atoms with Gasteiger partial charge in [0, 0.05) is 23.9 Å². The van der Waals surface area contributed by atoms with Crippen LogP contribution in [0.5, 0.6) is 5.75 Å². The molecule has 0 saturated carbocycles. The molecule has 2 aromatic rings. The Balaban J connectivity index is 2.31. The lowest BCUT2D eigenvalue weighted by Crippen LogP contribution is -2.19. The first-order valence-corrected chi connectivity index (χ1v) is 5.03. The maximum Gasteiger partial charge on any atom is 0.253 e. The molecule has 1 heterocycles. The van der Waals surface area contributed by atoms with Crippen molar-refractivity contribution >= 4 is 0 Å². The van der Waals surface area contributed by atoms with E-state index < -0.39 is 5.82 Å². The number of hydrogen-bond acceptors (Lipinski definition) is 3. The number of nitrogens with zero attached hydrogens (tertiary/aromatic N) is 2. The fourth-order valence-corrected chi connectivity index (χ4v) is 1.46. The van der Waals surface area contributed by atoms with Gasteiger partial charge in [0.05, 0.1) is 20.0 Å². The Labute approximate surface area is 97.3 Å². The van der Waals surface area contributed by atoms with Gasteiger partial charge in [-0.1, -0.05) is 6.07 Å². The lowest BCUT2D eigenvalue weighted by molar-refractivity contribution is 0.410. The molecule has 0 unspecified atom stereocenters. The van der Waals surface area contributed by atoms with E-state index in [2.05, 4.69) is 4.98 Å². The Morgan fingerprint density at radius 1 is 1.41 bits per heavy atom. The highest BCUT2D eigenvalue weighted by Crippen LogP contribution is 2.16. The van der Waals surface area contributed by atoms with Crippen molar-refractivity contribution in [3.8, 4) is 5.75 Å². The van der Waals surface area contributed by atoms with Gasteiger partial charge in [-0.25, -0.2) is 9.37 Å². The maximum atomic E-state index is 13.6. The largest absolute Gasteiger partial charge is 0.497 e. The molecule has 4 nitrogen and oxygen atoms in total. The summed E-state index contributed by atoms with van der Waals surface area (Å²) in [5.74, 6) is 0.0462. The second kappa shape index (κ2) is 4.78. The van der Waals surface area contributed by atoms with Gasteiger partial charge in [0.15, 0.2) is 0 Å². The first kappa shape index (κ1) is 11.3. The van der Waals surface area contributed by atoms with Crippen LogP contribution in [0.2, 0.25) is 0 Å². The number of rotatable bonds is 3. The predicted octanol–water partition coefficient (Wildman–Crippen LogP) is 1.44. The third kappa shape index (κ3) is 2.50. The van der Waals surface area contributed by atoms with Gasteiger partial charge in [-0.3, -0.25) is 9.36 Å². The van der Waals surface area contributed by atoms with E-state index in [4.69, 9.17) is 4.74 Å². The molecule has 0 aliphatic carbocycles. The smallest absolute Gasteiger partial charge is 0.253 e. The Morgan fingerprint density at radius 3 is 2.88 bits per heavy atom. The van der Waals surface area contributed by atoms with Gasteiger partial charge in [0.1, 0.15) is 11.6 Å². The van der Waals surface area contributed by atoms with Crippen molar-refractivity contribution in [2.75, 3.05) is 7.11 Å². The summed E-state index contributed by atoms with van der Waals surface area (Å²) in [4.78, 5) is 15.3. The average molecular weight is 234 g/mol. The van der Waals surface area contributed by atoms with Crippen molar-refractivity contribution in [3.63, 3.8) is 0 Å². The molecule has 1 aromatic heterocycles. The summed E-state index contributed by atoms with van der Waals surface area (Å²) in [5, 5.41) is 0. The fourth-order valence-electron chi connectivity index (χ4n) is 1.46. The van der Waals surface area contributed by atoms with E-state index in [1.165, 1.54) is 36.3 Å². The monoisotopic (exact) mass is 234 g/mol. The molecule has 0 N–H and O–H groups in total. The van der Waals surface area contributed by atoms with Crippen molar-refractivity contribution in [1.29, 1.82) is 0 Å². The normalized spacial score (nSPS) is 10.2. The summed E-state index contributed by atoms with van der Waals surface area (Å²) >= 11 is 0. The minimum atomic E-state index is -0.403. The number of hydrogen-bond donors (Lipinski definition) is 0. The minimum absolute atomic E-state index is 0.155. The summed E-state index contributed by atoms with van der Waals surface area (Å²) in [5.41, 5.74) is 0.205. The van der Waals surface area contributed by atoms with Crippen molar-refractivity contribution in [2.24, 2.45) is 0 Å². The molecule has 0 fully saturated rings. The van der Waals surface area contributed by atoms with Gasteiger partial charge in [-0.15, -0.1) is 0 Å². The van der Waals surface area contributed by atoms with Gasteiger partial charge in [-0.2, -0.15) is 0 Å². The van der Waals surface area contributed by atoms with Crippen molar-refractivity contribution in [2.45, 2.75) is 6.54 Å². The first-order chi connectivity index (χ1) is 8.20. The second-order valence-electron chi connectivity index (χ2n) is 3.50. The van der Waals surface area contributed by atoms with Crippen molar-refractivity contribution in [3.05, 3.63) is 58.5 Å². The van der Waals surface area contributed by atoms with Crippen LogP contribution < -0.4 is 10.3 Å². The van der Waals surface area contributed by atoms with Gasteiger partial charge >= 0.3 is 0 Å². The van der Waals surface area contributed by atoms with E-state index >= 15 is 0 Å². The Morgan fingerprint density at radius 2 is 2.24 bits per heavy atom. The lowest BCUT2D eigenvalue weighted by Gasteiger charge is -2.07. The van der Waals surface area contributed by atoms with E-state index in [-0.39, 0.29) is 12.1 Å². The van der Waals surface area contributed by atoms with E-state index in [9.17, 15) is 9.18 Å². The second-order valence-corrected chi connectivity index (χ2v) is 3.50. The third-order valence-electron chi connectivity index (χ3n) is 2.39. The van der Waals surface area contributed by atoms with Crippen molar-refractivity contribution < 1.29 is 9.13 Å². The van der Waals surface area contributed by atoms with Gasteiger partial charge in [0.2, 0.25) is 0 Å². The molecule has 0 spiro atoms. The van der Waals surface area contributed by atoms with Crippen LogP contribution in [-0.4, -0.2) is 16.7 Å². The van der Waals surface area contributed by atoms with Crippen LogP contribution in [0.1, 0.15) is 5.56 Å². The molecule has 0 aliphatic heterocycles. The molecule has 17 heavy (non-hydrogen) atoms. The molecule has 1 aromatic carbocycles. The Kier molecular flexibility index (Phi) is 3.18. The molecule has 0 bridgehead atoms. The summed E-state index contributed by atoms with van der Waals surface area (Å²) in [6.45, 7) is 0.155. The topological polar surface area (TPSA) is 44.1 Å². The summed E-state index contributed by atoms with van der Waals surface area (Å²) in [7, 11) is 1.47. The molecule has 0 radical (unpaired) electrons. The predicted molar refractivity (Wildman–Crippen MR) is 60.6 cm³/mol. The van der Waals surface area contributed by atoms with Crippen LogP contribution in [0, 0.1) is 5.82 Å². The molecule has 88 valence electrons. The SMILES string of the molecule is COc1ccc(Cn2cnccc2=O)c(F)c1. The zero-order valence-electron chi connectivity index (χ0n) is 9.26. The molecule has 5 heteroatoms. The van der Waals surface area contributed by atoms with E-state index in [1.54, 1.807) is 12.1 Å². The standard InChI is InChI=1S/C12H11FN2O2/c1-17-10-3-2-9(11(13)6-10)7-15-8-14-5-4-12(15)16/h2-6,8H,7H2,1H3. The van der Waals surface area contributed by atoms with Gasteiger partial charge in [-0.05, 0) is 6.07 Å². The highest BCUT2D eigenvalue weighted by atomic mass is 19.1. The number of halogens is 1. The molecule has 0 saturated heterocycles.